The molecule has 0 aromatic heterocycles. The Morgan fingerprint density at radius 1 is 1.28 bits per heavy atom. The van der Waals surface area contributed by atoms with Crippen LogP contribution >= 0.6 is 0 Å². The molecule has 0 bridgehead atoms. The number of nitrogens with one attached hydrogen (secondary N) is 1. The molecule has 1 atom stereocenters. The maximum atomic E-state index is 13.0. The quantitative estimate of drug-likeness (QED) is 0.879. The van der Waals surface area contributed by atoms with E-state index in [0.717, 1.165) is 6.07 Å². The first kappa shape index (κ1) is 12.7. The Hall–Kier alpha value is -1.78. The van der Waals surface area contributed by atoms with Crippen LogP contribution in [0.25, 0.3) is 0 Å². The lowest BCUT2D eigenvalue weighted by atomic mass is 10.1. The lowest BCUT2D eigenvalue weighted by molar-refractivity contribution is -0.120. The van der Waals surface area contributed by atoms with E-state index in [9.17, 15) is 13.6 Å². The second-order valence-electron chi connectivity index (χ2n) is 4.71. The number of rotatable bonds is 3. The first-order valence-corrected chi connectivity index (χ1v) is 5.78. The van der Waals surface area contributed by atoms with Gasteiger partial charge in [0.25, 0.3) is 0 Å². The van der Waals surface area contributed by atoms with Gasteiger partial charge in [-0.3, -0.25) is 9.79 Å². The molecule has 0 saturated heterocycles. The van der Waals surface area contributed by atoms with E-state index in [1.165, 1.54) is 12.1 Å². The van der Waals surface area contributed by atoms with Crippen LogP contribution in [0.4, 0.5) is 8.78 Å². The van der Waals surface area contributed by atoms with Crippen LogP contribution in [0.2, 0.25) is 0 Å². The van der Waals surface area contributed by atoms with Gasteiger partial charge in [0.15, 0.2) is 0 Å². The minimum Gasteiger partial charge on any atom is -0.312 e. The number of amidine groups is 1. The normalized spacial score (nSPS) is 19.1. The highest BCUT2D eigenvalue weighted by Gasteiger charge is 2.28. The zero-order chi connectivity index (χ0) is 13.3. The minimum absolute atomic E-state index is 0.103. The Labute approximate surface area is 104 Å². The molecule has 96 valence electrons. The van der Waals surface area contributed by atoms with Crippen molar-refractivity contribution in [3.05, 3.63) is 35.4 Å². The van der Waals surface area contributed by atoms with Crippen LogP contribution in [0.1, 0.15) is 19.4 Å². The molecule has 0 spiro atoms. The van der Waals surface area contributed by atoms with E-state index in [-0.39, 0.29) is 18.2 Å². The molecule has 0 radical (unpaired) electrons. The summed E-state index contributed by atoms with van der Waals surface area (Å²) in [6.07, 6.45) is 0.226. The summed E-state index contributed by atoms with van der Waals surface area (Å²) >= 11 is 0. The molecule has 1 aliphatic rings. The van der Waals surface area contributed by atoms with Gasteiger partial charge >= 0.3 is 0 Å². The smallest absolute Gasteiger partial charge is 0.250 e. The zero-order valence-electron chi connectivity index (χ0n) is 10.2. The van der Waals surface area contributed by atoms with E-state index in [1.54, 1.807) is 0 Å². The van der Waals surface area contributed by atoms with Crippen molar-refractivity contribution >= 4 is 11.7 Å². The topological polar surface area (TPSA) is 41.5 Å². The number of hydrogen-bond acceptors (Lipinski definition) is 2. The van der Waals surface area contributed by atoms with Crippen LogP contribution in [0.3, 0.4) is 0 Å². The van der Waals surface area contributed by atoms with Crippen molar-refractivity contribution in [1.82, 2.24) is 5.32 Å². The molecule has 0 aliphatic carbocycles. The van der Waals surface area contributed by atoms with Gasteiger partial charge in [0.1, 0.15) is 23.5 Å². The van der Waals surface area contributed by atoms with Crippen molar-refractivity contribution in [2.45, 2.75) is 26.3 Å². The fraction of sp³-hybridized carbons (Fsp3) is 0.385. The highest BCUT2D eigenvalue weighted by Crippen LogP contribution is 2.14. The second kappa shape index (κ2) is 4.84. The van der Waals surface area contributed by atoms with E-state index in [4.69, 9.17) is 0 Å². The van der Waals surface area contributed by atoms with E-state index < -0.39 is 17.7 Å². The predicted molar refractivity (Wildman–Crippen MR) is 64.3 cm³/mol. The Morgan fingerprint density at radius 3 is 2.39 bits per heavy atom. The third-order valence-electron chi connectivity index (χ3n) is 2.76. The third-order valence-corrected chi connectivity index (χ3v) is 2.76. The number of halogens is 2. The van der Waals surface area contributed by atoms with Crippen molar-refractivity contribution in [2.75, 3.05) is 0 Å². The molecular weight excluding hydrogens is 238 g/mol. The Kier molecular flexibility index (Phi) is 3.41. The average molecular weight is 252 g/mol. The molecular formula is C13H14F2N2O. The summed E-state index contributed by atoms with van der Waals surface area (Å²) in [6, 6.07) is 2.88. The summed E-state index contributed by atoms with van der Waals surface area (Å²) < 4.78 is 26.0. The standard InChI is InChI=1S/C13H14F2N2O/c1-7(2)12-13(18)17-11(16-12)5-8-3-9(14)6-10(15)4-8/h3-4,6-7,12H,5H2,1-2H3,(H,16,17,18). The summed E-state index contributed by atoms with van der Waals surface area (Å²) in [4.78, 5) is 15.8. The number of benzene rings is 1. The SMILES string of the molecule is CC(C)C1N=C(Cc2cc(F)cc(F)c2)NC1=O. The lowest BCUT2D eigenvalue weighted by Gasteiger charge is -2.06. The maximum absolute atomic E-state index is 13.0. The third kappa shape index (κ3) is 2.72. The lowest BCUT2D eigenvalue weighted by Crippen LogP contribution is -2.31. The van der Waals surface area contributed by atoms with Crippen LogP contribution < -0.4 is 5.32 Å². The molecule has 1 N–H and O–H groups in total. The molecule has 18 heavy (non-hydrogen) atoms. The molecule has 1 aromatic rings. The first-order valence-electron chi connectivity index (χ1n) is 5.78. The predicted octanol–water partition coefficient (Wildman–Crippen LogP) is 2.06. The molecule has 1 aromatic carbocycles. The fourth-order valence-electron chi connectivity index (χ4n) is 1.92. The largest absolute Gasteiger partial charge is 0.312 e. The molecule has 2 rings (SSSR count). The van der Waals surface area contributed by atoms with E-state index in [1.807, 2.05) is 13.8 Å². The van der Waals surface area contributed by atoms with Gasteiger partial charge in [0.05, 0.1) is 0 Å². The monoisotopic (exact) mass is 252 g/mol. The molecule has 0 saturated carbocycles. The Morgan fingerprint density at radius 2 is 1.89 bits per heavy atom. The number of carbonyl (C=O) groups is 1. The molecule has 1 aliphatic heterocycles. The number of nitrogens with zero attached hydrogens (tertiary/aromatic N) is 1. The van der Waals surface area contributed by atoms with Gasteiger partial charge in [-0.05, 0) is 23.6 Å². The number of hydrogen-bond donors (Lipinski definition) is 1. The van der Waals surface area contributed by atoms with Gasteiger partial charge in [0, 0.05) is 12.5 Å². The molecule has 1 amide bonds. The second-order valence-corrected chi connectivity index (χ2v) is 4.71. The number of aliphatic imine (C=N–C) groups is 1. The van der Waals surface area contributed by atoms with Crippen molar-refractivity contribution in [1.29, 1.82) is 0 Å². The van der Waals surface area contributed by atoms with Gasteiger partial charge in [-0.15, -0.1) is 0 Å². The van der Waals surface area contributed by atoms with Crippen LogP contribution in [0.5, 0.6) is 0 Å². The van der Waals surface area contributed by atoms with Gasteiger partial charge in [-0.25, -0.2) is 8.78 Å². The highest BCUT2D eigenvalue weighted by atomic mass is 19.1. The van der Waals surface area contributed by atoms with Gasteiger partial charge in [0.2, 0.25) is 5.91 Å². The summed E-state index contributed by atoms with van der Waals surface area (Å²) in [5.74, 6) is -0.849. The van der Waals surface area contributed by atoms with E-state index in [0.29, 0.717) is 11.4 Å². The highest BCUT2D eigenvalue weighted by molar-refractivity contribution is 6.06. The molecule has 1 unspecified atom stereocenters. The van der Waals surface area contributed by atoms with Crippen LogP contribution in [0.15, 0.2) is 23.2 Å². The molecule has 3 nitrogen and oxygen atoms in total. The first-order chi connectivity index (χ1) is 8.45. The van der Waals surface area contributed by atoms with Gasteiger partial charge in [-0.2, -0.15) is 0 Å². The Balaban J connectivity index is 2.15. The summed E-state index contributed by atoms with van der Waals surface area (Å²) in [5.41, 5.74) is 0.455. The average Bonchev–Trinajstić information content (AvgIpc) is 2.57. The van der Waals surface area contributed by atoms with E-state index >= 15 is 0 Å². The zero-order valence-corrected chi connectivity index (χ0v) is 10.2. The maximum Gasteiger partial charge on any atom is 0.250 e. The van der Waals surface area contributed by atoms with Crippen LogP contribution in [-0.4, -0.2) is 17.8 Å². The summed E-state index contributed by atoms with van der Waals surface area (Å²) in [6.45, 7) is 3.80. The number of carbonyl (C=O) groups excluding carboxylic acids is 1. The van der Waals surface area contributed by atoms with Crippen LogP contribution in [0, 0.1) is 17.6 Å². The van der Waals surface area contributed by atoms with Crippen molar-refractivity contribution in [3.8, 4) is 0 Å². The summed E-state index contributed by atoms with van der Waals surface area (Å²) in [5, 5.41) is 2.64. The van der Waals surface area contributed by atoms with E-state index in [2.05, 4.69) is 10.3 Å². The fourth-order valence-corrected chi connectivity index (χ4v) is 1.92. The number of amides is 1. The molecule has 0 fully saturated rings. The minimum atomic E-state index is -0.629. The summed E-state index contributed by atoms with van der Waals surface area (Å²) in [7, 11) is 0. The molecule has 1 heterocycles. The van der Waals surface area contributed by atoms with Crippen LogP contribution in [-0.2, 0) is 11.2 Å². The molecule has 5 heteroatoms. The van der Waals surface area contributed by atoms with Gasteiger partial charge in [-0.1, -0.05) is 13.8 Å². The van der Waals surface area contributed by atoms with Gasteiger partial charge < -0.3 is 5.32 Å². The van der Waals surface area contributed by atoms with Crippen molar-refractivity contribution in [2.24, 2.45) is 10.9 Å². The Bertz CT molecular complexity index is 491. The van der Waals surface area contributed by atoms with Crippen molar-refractivity contribution in [3.63, 3.8) is 0 Å². The van der Waals surface area contributed by atoms with Crippen molar-refractivity contribution < 1.29 is 13.6 Å².